The van der Waals surface area contributed by atoms with Gasteiger partial charge in [0.05, 0.1) is 18.1 Å². The molecule has 1 aromatic rings. The van der Waals surface area contributed by atoms with Gasteiger partial charge in [-0.2, -0.15) is 0 Å². The van der Waals surface area contributed by atoms with Gasteiger partial charge in [-0.1, -0.05) is 25.1 Å². The molecule has 2 saturated carbocycles. The highest BCUT2D eigenvalue weighted by molar-refractivity contribution is 5.75. The number of hydrogen-bond acceptors (Lipinski definition) is 5. The summed E-state index contributed by atoms with van der Waals surface area (Å²) >= 11 is 0. The zero-order valence-corrected chi connectivity index (χ0v) is 18.1. The monoisotopic (exact) mass is 410 g/mol. The molecule has 0 aromatic heterocycles. The van der Waals surface area contributed by atoms with Crippen molar-refractivity contribution in [3.05, 3.63) is 30.3 Å². The van der Waals surface area contributed by atoms with E-state index >= 15 is 0 Å². The highest BCUT2D eigenvalue weighted by atomic mass is 16.6. The van der Waals surface area contributed by atoms with Crippen LogP contribution in [-0.2, 0) is 14.3 Å². The van der Waals surface area contributed by atoms with Crippen molar-refractivity contribution in [2.45, 2.75) is 50.7 Å². The minimum absolute atomic E-state index is 0.0422. The van der Waals surface area contributed by atoms with Gasteiger partial charge in [-0.3, -0.25) is 9.69 Å². The van der Waals surface area contributed by atoms with Crippen LogP contribution >= 0.6 is 0 Å². The Hall–Kier alpha value is -1.59. The van der Waals surface area contributed by atoms with E-state index in [0.29, 0.717) is 11.8 Å². The summed E-state index contributed by atoms with van der Waals surface area (Å²) in [6.45, 7) is 8.31. The normalized spacial score (nSPS) is 43.2. The van der Waals surface area contributed by atoms with Gasteiger partial charge in [0.1, 0.15) is 6.10 Å². The van der Waals surface area contributed by atoms with E-state index in [4.69, 9.17) is 9.47 Å². The lowest BCUT2D eigenvalue weighted by Gasteiger charge is -2.51. The second kappa shape index (κ2) is 6.96. The predicted molar refractivity (Wildman–Crippen MR) is 115 cm³/mol. The van der Waals surface area contributed by atoms with E-state index in [0.717, 1.165) is 52.2 Å². The van der Waals surface area contributed by atoms with Gasteiger partial charge in [-0.05, 0) is 55.6 Å². The quantitative estimate of drug-likeness (QED) is 0.565. The Morgan fingerprint density at radius 1 is 1.10 bits per heavy atom. The fraction of sp³-hybridized carbons (Fsp3) is 0.720. The number of nitrogens with zero attached hydrogens (tertiary/aromatic N) is 2. The molecule has 0 N–H and O–H groups in total. The van der Waals surface area contributed by atoms with E-state index in [1.54, 1.807) is 0 Å². The van der Waals surface area contributed by atoms with Crippen LogP contribution in [0, 0.1) is 23.2 Å². The number of anilines is 1. The molecule has 162 valence electrons. The van der Waals surface area contributed by atoms with Crippen molar-refractivity contribution in [1.82, 2.24) is 4.90 Å². The second-order valence-electron chi connectivity index (χ2n) is 10.7. The lowest BCUT2D eigenvalue weighted by molar-refractivity contribution is -0.147. The third-order valence-corrected chi connectivity index (χ3v) is 9.03. The van der Waals surface area contributed by atoms with Crippen LogP contribution in [0.3, 0.4) is 0 Å². The molecule has 5 aliphatic rings. The standard InChI is InChI=1S/C25H34N2O3/c1-24-8-5-9-25(17-29-25)22(24)14-19-20(23(28)30-21(19)15-24)16-26-10-12-27(13-11-26)18-6-3-2-4-7-18/h2-4,6-7,19-22H,5,8-17H2,1H3/t19-,20+,21-,22+,24-,25+/m1/s1. The number of ether oxygens (including phenoxy) is 2. The van der Waals surface area contributed by atoms with Crippen molar-refractivity contribution in [1.29, 1.82) is 0 Å². The Kier molecular flexibility index (Phi) is 4.44. The average molecular weight is 411 g/mol. The maximum Gasteiger partial charge on any atom is 0.310 e. The molecule has 0 unspecified atom stereocenters. The number of epoxide rings is 1. The van der Waals surface area contributed by atoms with Crippen molar-refractivity contribution in [3.8, 4) is 0 Å². The van der Waals surface area contributed by atoms with Crippen LogP contribution in [0.4, 0.5) is 5.69 Å². The van der Waals surface area contributed by atoms with E-state index in [9.17, 15) is 4.79 Å². The number of para-hydroxylation sites is 1. The first-order valence-corrected chi connectivity index (χ1v) is 11.9. The molecule has 1 aromatic carbocycles. The van der Waals surface area contributed by atoms with Crippen molar-refractivity contribution in [2.75, 3.05) is 44.2 Å². The summed E-state index contributed by atoms with van der Waals surface area (Å²) in [5.74, 6) is 1.08. The van der Waals surface area contributed by atoms with Crippen molar-refractivity contribution in [3.63, 3.8) is 0 Å². The molecule has 6 rings (SSSR count). The van der Waals surface area contributed by atoms with Crippen LogP contribution in [0.2, 0.25) is 0 Å². The van der Waals surface area contributed by atoms with Crippen molar-refractivity contribution < 1.29 is 14.3 Å². The number of benzene rings is 1. The molecule has 0 radical (unpaired) electrons. The highest BCUT2D eigenvalue weighted by Crippen LogP contribution is 2.62. The Bertz CT molecular complexity index is 802. The molecular formula is C25H34N2O3. The number of esters is 1. The van der Waals surface area contributed by atoms with Gasteiger partial charge < -0.3 is 14.4 Å². The average Bonchev–Trinajstić information content (AvgIpc) is 3.46. The summed E-state index contributed by atoms with van der Waals surface area (Å²) in [6.07, 6.45) is 6.01. The summed E-state index contributed by atoms with van der Waals surface area (Å²) < 4.78 is 12.0. The zero-order valence-electron chi connectivity index (χ0n) is 18.1. The first kappa shape index (κ1) is 19.1. The van der Waals surface area contributed by atoms with E-state index < -0.39 is 0 Å². The number of carbonyl (C=O) groups is 1. The first-order valence-electron chi connectivity index (χ1n) is 11.9. The number of piperazine rings is 1. The molecular weight excluding hydrogens is 376 g/mol. The van der Waals surface area contributed by atoms with Gasteiger partial charge in [0.15, 0.2) is 0 Å². The topological polar surface area (TPSA) is 45.3 Å². The largest absolute Gasteiger partial charge is 0.462 e. The SMILES string of the molecule is C[C@]12CCC[C@]3(CO3)[C@H]1C[C@@H]1[C@H](CN3CCN(c4ccccc4)CC3)C(=O)O[C@@H]1C2. The smallest absolute Gasteiger partial charge is 0.310 e. The minimum Gasteiger partial charge on any atom is -0.462 e. The number of fused-ring (bicyclic) bond motifs is 3. The maximum atomic E-state index is 12.9. The van der Waals surface area contributed by atoms with Gasteiger partial charge in [-0.25, -0.2) is 0 Å². The van der Waals surface area contributed by atoms with Gasteiger partial charge in [0.2, 0.25) is 0 Å². The predicted octanol–water partition coefficient (Wildman–Crippen LogP) is 3.34. The Morgan fingerprint density at radius 2 is 1.87 bits per heavy atom. The summed E-state index contributed by atoms with van der Waals surface area (Å²) in [4.78, 5) is 17.8. The van der Waals surface area contributed by atoms with Crippen LogP contribution in [0.5, 0.6) is 0 Å². The van der Waals surface area contributed by atoms with Crippen LogP contribution < -0.4 is 4.90 Å². The molecule has 2 aliphatic carbocycles. The van der Waals surface area contributed by atoms with E-state index in [1.807, 2.05) is 0 Å². The summed E-state index contributed by atoms with van der Waals surface area (Å²) in [5.41, 5.74) is 1.72. The van der Waals surface area contributed by atoms with Crippen molar-refractivity contribution >= 4 is 11.7 Å². The van der Waals surface area contributed by atoms with E-state index in [2.05, 4.69) is 47.1 Å². The van der Waals surface area contributed by atoms with Gasteiger partial charge >= 0.3 is 5.97 Å². The lowest BCUT2D eigenvalue weighted by atomic mass is 9.53. The lowest BCUT2D eigenvalue weighted by Crippen LogP contribution is -2.52. The number of hydrogen-bond donors (Lipinski definition) is 0. The minimum atomic E-state index is 0.0422. The molecule has 5 heteroatoms. The molecule has 3 heterocycles. The highest BCUT2D eigenvalue weighted by Gasteiger charge is 2.65. The zero-order chi connectivity index (χ0) is 20.3. The van der Waals surface area contributed by atoms with Gasteiger partial charge in [-0.15, -0.1) is 0 Å². The van der Waals surface area contributed by atoms with Crippen LogP contribution in [0.25, 0.3) is 0 Å². The molecule has 1 spiro atoms. The molecule has 3 aliphatic heterocycles. The maximum absolute atomic E-state index is 12.9. The third kappa shape index (κ3) is 3.08. The summed E-state index contributed by atoms with van der Waals surface area (Å²) in [5, 5.41) is 0. The Labute approximate surface area is 179 Å². The van der Waals surface area contributed by atoms with Crippen LogP contribution in [-0.4, -0.2) is 61.9 Å². The molecule has 3 saturated heterocycles. The van der Waals surface area contributed by atoms with Crippen LogP contribution in [0.1, 0.15) is 39.0 Å². The summed E-state index contributed by atoms with van der Waals surface area (Å²) in [7, 11) is 0. The molecule has 5 nitrogen and oxygen atoms in total. The molecule has 0 bridgehead atoms. The first-order chi connectivity index (χ1) is 14.6. The number of carbonyl (C=O) groups excluding carboxylic acids is 1. The molecule has 30 heavy (non-hydrogen) atoms. The number of rotatable bonds is 3. The van der Waals surface area contributed by atoms with Crippen molar-refractivity contribution in [2.24, 2.45) is 23.2 Å². The summed E-state index contributed by atoms with van der Waals surface area (Å²) in [6, 6.07) is 10.7. The third-order valence-electron chi connectivity index (χ3n) is 9.03. The van der Waals surface area contributed by atoms with E-state index in [-0.39, 0.29) is 29.0 Å². The second-order valence-corrected chi connectivity index (χ2v) is 10.7. The van der Waals surface area contributed by atoms with Gasteiger partial charge in [0, 0.05) is 44.3 Å². The van der Waals surface area contributed by atoms with E-state index in [1.165, 1.54) is 24.9 Å². The fourth-order valence-electron chi connectivity index (χ4n) is 7.27. The fourth-order valence-corrected chi connectivity index (χ4v) is 7.27. The molecule has 0 amide bonds. The van der Waals surface area contributed by atoms with Crippen LogP contribution in [0.15, 0.2) is 30.3 Å². The molecule has 6 atom stereocenters. The Morgan fingerprint density at radius 3 is 2.60 bits per heavy atom. The molecule has 5 fully saturated rings. The Balaban J connectivity index is 1.12. The van der Waals surface area contributed by atoms with Gasteiger partial charge in [0.25, 0.3) is 0 Å².